The van der Waals surface area contributed by atoms with Gasteiger partial charge in [0.1, 0.15) is 12.2 Å². The molecule has 0 aromatic carbocycles. The summed E-state index contributed by atoms with van der Waals surface area (Å²) in [5.41, 5.74) is 0. The fourth-order valence-corrected chi connectivity index (χ4v) is 2.52. The molecular weight excluding hydrogens is 268 g/mol. The summed E-state index contributed by atoms with van der Waals surface area (Å²) in [6.45, 7) is 8.51. The Balaban J connectivity index is 1.75. The molecule has 1 aliphatic rings. The molecule has 0 saturated carbocycles. The molecule has 1 aromatic heterocycles. The van der Waals surface area contributed by atoms with Crippen molar-refractivity contribution in [3.05, 3.63) is 12.2 Å². The fraction of sp³-hybridized carbons (Fsp3) is 0.786. The number of amides is 1. The molecule has 0 atom stereocenters. The van der Waals surface area contributed by atoms with Crippen molar-refractivity contribution in [3.63, 3.8) is 0 Å². The first-order valence-corrected chi connectivity index (χ1v) is 7.55. The van der Waals surface area contributed by atoms with E-state index in [2.05, 4.69) is 24.6 Å². The van der Waals surface area contributed by atoms with E-state index < -0.39 is 0 Å². The number of likely N-dealkylation sites (N-methyl/N-ethyl adjacent to an activating group) is 1. The number of carbonyl (C=O) groups excluding carboxylic acids is 1. The third-order valence-corrected chi connectivity index (χ3v) is 4.01. The lowest BCUT2D eigenvalue weighted by Gasteiger charge is -2.22. The maximum atomic E-state index is 11.8. The van der Waals surface area contributed by atoms with Gasteiger partial charge in [0, 0.05) is 40.3 Å². The van der Waals surface area contributed by atoms with Gasteiger partial charge in [-0.25, -0.2) is 0 Å². The quantitative estimate of drug-likeness (QED) is 0.745. The summed E-state index contributed by atoms with van der Waals surface area (Å²) in [6.07, 6.45) is 2.90. The van der Waals surface area contributed by atoms with E-state index in [-0.39, 0.29) is 5.91 Å². The Morgan fingerprint density at radius 2 is 1.90 bits per heavy atom. The van der Waals surface area contributed by atoms with Crippen LogP contribution in [0, 0.1) is 6.92 Å². The highest BCUT2D eigenvalue weighted by molar-refractivity contribution is 5.77. The van der Waals surface area contributed by atoms with Gasteiger partial charge in [0.05, 0.1) is 6.54 Å². The lowest BCUT2D eigenvalue weighted by atomic mass is 10.3. The molecule has 1 fully saturated rings. The SMILES string of the molecule is Cc1nncn1CCN1CCCN(CC(=O)N(C)C)CC1. The van der Waals surface area contributed by atoms with Crippen LogP contribution in [0.25, 0.3) is 0 Å². The zero-order valence-electron chi connectivity index (χ0n) is 13.3. The Bertz CT molecular complexity index is 458. The summed E-state index contributed by atoms with van der Waals surface area (Å²) in [7, 11) is 3.63. The van der Waals surface area contributed by atoms with Crippen LogP contribution in [0.4, 0.5) is 0 Å². The predicted molar refractivity (Wildman–Crippen MR) is 81.0 cm³/mol. The molecule has 0 spiro atoms. The molecule has 118 valence electrons. The first kappa shape index (κ1) is 15.9. The largest absolute Gasteiger partial charge is 0.348 e. The lowest BCUT2D eigenvalue weighted by Crippen LogP contribution is -2.39. The first-order valence-electron chi connectivity index (χ1n) is 7.55. The van der Waals surface area contributed by atoms with Crippen molar-refractivity contribution in [3.8, 4) is 0 Å². The van der Waals surface area contributed by atoms with Crippen LogP contribution in [0.1, 0.15) is 12.2 Å². The number of aromatic nitrogens is 3. The van der Waals surface area contributed by atoms with Crippen molar-refractivity contribution >= 4 is 5.91 Å². The van der Waals surface area contributed by atoms with E-state index >= 15 is 0 Å². The summed E-state index contributed by atoms with van der Waals surface area (Å²) >= 11 is 0. The number of nitrogens with zero attached hydrogens (tertiary/aromatic N) is 6. The third kappa shape index (κ3) is 4.78. The van der Waals surface area contributed by atoms with Crippen LogP contribution in [0.5, 0.6) is 0 Å². The van der Waals surface area contributed by atoms with Gasteiger partial charge >= 0.3 is 0 Å². The highest BCUT2D eigenvalue weighted by Gasteiger charge is 2.17. The second-order valence-electron chi connectivity index (χ2n) is 5.83. The van der Waals surface area contributed by atoms with E-state index in [4.69, 9.17) is 0 Å². The van der Waals surface area contributed by atoms with Crippen LogP contribution >= 0.6 is 0 Å². The Morgan fingerprint density at radius 1 is 1.19 bits per heavy atom. The number of rotatable bonds is 5. The Kier molecular flexibility index (Phi) is 5.69. The molecular formula is C14H26N6O. The molecule has 7 nitrogen and oxygen atoms in total. The molecule has 1 aromatic rings. The van der Waals surface area contributed by atoms with E-state index in [1.165, 1.54) is 0 Å². The van der Waals surface area contributed by atoms with Crippen LogP contribution in [-0.4, -0.2) is 88.7 Å². The number of hydrogen-bond acceptors (Lipinski definition) is 5. The van der Waals surface area contributed by atoms with Gasteiger partial charge in [-0.1, -0.05) is 0 Å². The first-order chi connectivity index (χ1) is 10.1. The summed E-state index contributed by atoms with van der Waals surface area (Å²) in [5, 5.41) is 7.91. The third-order valence-electron chi connectivity index (χ3n) is 4.01. The van der Waals surface area contributed by atoms with Crippen LogP contribution in [-0.2, 0) is 11.3 Å². The number of carbonyl (C=O) groups is 1. The molecule has 0 radical (unpaired) electrons. The molecule has 7 heteroatoms. The second-order valence-corrected chi connectivity index (χ2v) is 5.83. The summed E-state index contributed by atoms with van der Waals surface area (Å²) < 4.78 is 2.08. The molecule has 2 heterocycles. The maximum absolute atomic E-state index is 11.8. The zero-order chi connectivity index (χ0) is 15.2. The minimum Gasteiger partial charge on any atom is -0.348 e. The summed E-state index contributed by atoms with van der Waals surface area (Å²) in [5.74, 6) is 1.14. The maximum Gasteiger partial charge on any atom is 0.236 e. The molecule has 0 N–H and O–H groups in total. The Hall–Kier alpha value is -1.47. The van der Waals surface area contributed by atoms with Crippen molar-refractivity contribution in [2.45, 2.75) is 19.9 Å². The number of aryl methyl sites for hydroxylation is 1. The molecule has 1 aliphatic heterocycles. The summed E-state index contributed by atoms with van der Waals surface area (Å²) in [4.78, 5) is 18.2. The van der Waals surface area contributed by atoms with Crippen molar-refractivity contribution < 1.29 is 4.79 Å². The van der Waals surface area contributed by atoms with E-state index in [1.54, 1.807) is 11.2 Å². The van der Waals surface area contributed by atoms with Crippen LogP contribution in [0.15, 0.2) is 6.33 Å². The predicted octanol–water partition coefficient (Wildman–Crippen LogP) is -0.318. The van der Waals surface area contributed by atoms with E-state index in [0.29, 0.717) is 6.54 Å². The highest BCUT2D eigenvalue weighted by Crippen LogP contribution is 2.04. The molecule has 1 saturated heterocycles. The average Bonchev–Trinajstić information content (AvgIpc) is 2.72. The molecule has 0 bridgehead atoms. The smallest absolute Gasteiger partial charge is 0.236 e. The molecule has 0 aliphatic carbocycles. The van der Waals surface area contributed by atoms with Gasteiger partial charge in [-0.2, -0.15) is 0 Å². The lowest BCUT2D eigenvalue weighted by molar-refractivity contribution is -0.129. The minimum absolute atomic E-state index is 0.184. The number of hydrogen-bond donors (Lipinski definition) is 0. The van der Waals surface area contributed by atoms with Gasteiger partial charge in [0.25, 0.3) is 0 Å². The molecule has 1 amide bonds. The van der Waals surface area contributed by atoms with E-state index in [9.17, 15) is 4.79 Å². The zero-order valence-corrected chi connectivity index (χ0v) is 13.3. The van der Waals surface area contributed by atoms with Gasteiger partial charge in [0.15, 0.2) is 0 Å². The van der Waals surface area contributed by atoms with Gasteiger partial charge in [-0.05, 0) is 26.4 Å². The molecule has 21 heavy (non-hydrogen) atoms. The van der Waals surface area contributed by atoms with E-state index in [1.807, 2.05) is 21.0 Å². The van der Waals surface area contributed by atoms with Crippen molar-refractivity contribution in [1.29, 1.82) is 0 Å². The van der Waals surface area contributed by atoms with Crippen LogP contribution in [0.3, 0.4) is 0 Å². The van der Waals surface area contributed by atoms with Crippen LogP contribution in [0.2, 0.25) is 0 Å². The highest BCUT2D eigenvalue weighted by atomic mass is 16.2. The Morgan fingerprint density at radius 3 is 2.57 bits per heavy atom. The Labute approximate surface area is 126 Å². The summed E-state index contributed by atoms with van der Waals surface area (Å²) in [6, 6.07) is 0. The minimum atomic E-state index is 0.184. The monoisotopic (exact) mass is 294 g/mol. The average molecular weight is 294 g/mol. The molecule has 0 unspecified atom stereocenters. The van der Waals surface area contributed by atoms with Gasteiger partial charge in [-0.15, -0.1) is 10.2 Å². The van der Waals surface area contributed by atoms with E-state index in [0.717, 1.165) is 51.5 Å². The normalized spacial score (nSPS) is 17.7. The van der Waals surface area contributed by atoms with Gasteiger partial charge in [0.2, 0.25) is 5.91 Å². The van der Waals surface area contributed by atoms with Crippen LogP contribution < -0.4 is 0 Å². The topological polar surface area (TPSA) is 57.5 Å². The molecule has 2 rings (SSSR count). The van der Waals surface area contributed by atoms with Crippen molar-refractivity contribution in [2.75, 3.05) is 53.4 Å². The standard InChI is InChI=1S/C14H26N6O/c1-13-16-15-12-20(13)10-9-18-5-4-6-19(8-7-18)11-14(21)17(2)3/h12H,4-11H2,1-3H3. The van der Waals surface area contributed by atoms with Crippen molar-refractivity contribution in [1.82, 2.24) is 29.5 Å². The van der Waals surface area contributed by atoms with Crippen molar-refractivity contribution in [2.24, 2.45) is 0 Å². The van der Waals surface area contributed by atoms with Gasteiger partial charge < -0.3 is 14.4 Å². The second kappa shape index (κ2) is 7.51. The van der Waals surface area contributed by atoms with Gasteiger partial charge in [-0.3, -0.25) is 9.69 Å². The fourth-order valence-electron chi connectivity index (χ4n) is 2.52.